The van der Waals surface area contributed by atoms with Gasteiger partial charge >= 0.3 is 0 Å². The second kappa shape index (κ2) is 9.81. The average Bonchev–Trinajstić information content (AvgIpc) is 2.57. The van der Waals surface area contributed by atoms with Crippen LogP contribution in [0, 0.1) is 5.41 Å². The van der Waals surface area contributed by atoms with Crippen LogP contribution in [0.4, 0.5) is 0 Å². The summed E-state index contributed by atoms with van der Waals surface area (Å²) in [6.07, 6.45) is 7.68. The molecule has 1 aromatic rings. The maximum Gasteiger partial charge on any atom is 0.109 e. The first-order valence-electron chi connectivity index (χ1n) is 8.54. The van der Waals surface area contributed by atoms with Crippen LogP contribution in [0.5, 0.6) is 0 Å². The van der Waals surface area contributed by atoms with E-state index in [1.165, 1.54) is 19.3 Å². The molecule has 0 saturated carbocycles. The Morgan fingerprint density at radius 3 is 2.36 bits per heavy atom. The minimum atomic E-state index is -0.580. The first-order valence-corrected chi connectivity index (χ1v) is 8.54. The van der Waals surface area contributed by atoms with Gasteiger partial charge in [0.2, 0.25) is 0 Å². The lowest BCUT2D eigenvalue weighted by Gasteiger charge is -2.38. The Labute approximate surface area is 136 Å². The van der Waals surface area contributed by atoms with Crippen molar-refractivity contribution in [1.29, 1.82) is 0 Å². The topological polar surface area (TPSA) is 29.5 Å². The van der Waals surface area contributed by atoms with Crippen molar-refractivity contribution in [2.24, 2.45) is 5.41 Å². The van der Waals surface area contributed by atoms with Gasteiger partial charge in [0, 0.05) is 12.5 Å². The fraction of sp³-hybridized carbons (Fsp3) is 0.600. The summed E-state index contributed by atoms with van der Waals surface area (Å²) in [5.74, 6) is 0. The molecule has 1 aromatic carbocycles. The van der Waals surface area contributed by atoms with Crippen LogP contribution in [0.15, 0.2) is 43.0 Å². The number of rotatable bonds is 11. The smallest absolute Gasteiger partial charge is 0.109 e. The van der Waals surface area contributed by atoms with Gasteiger partial charge in [-0.3, -0.25) is 0 Å². The normalized spacial score (nSPS) is 16.7. The number of hydrogen-bond acceptors (Lipinski definition) is 2. The van der Waals surface area contributed by atoms with Gasteiger partial charge in [-0.1, -0.05) is 75.9 Å². The molecular weight excluding hydrogens is 272 g/mol. The quantitative estimate of drug-likeness (QED) is 0.445. The van der Waals surface area contributed by atoms with E-state index in [4.69, 9.17) is 4.74 Å². The maximum absolute atomic E-state index is 11.0. The van der Waals surface area contributed by atoms with E-state index in [0.29, 0.717) is 0 Å². The fourth-order valence-electron chi connectivity index (χ4n) is 3.17. The van der Waals surface area contributed by atoms with E-state index in [-0.39, 0.29) is 11.5 Å². The second-order valence-electron chi connectivity index (χ2n) is 6.11. The Hall–Kier alpha value is -1.12. The van der Waals surface area contributed by atoms with Crippen LogP contribution in [0.2, 0.25) is 0 Å². The van der Waals surface area contributed by atoms with E-state index < -0.39 is 6.10 Å². The molecule has 0 radical (unpaired) electrons. The Morgan fingerprint density at radius 2 is 1.86 bits per heavy atom. The van der Waals surface area contributed by atoms with Crippen molar-refractivity contribution in [3.8, 4) is 0 Å². The predicted octanol–water partition coefficient (Wildman–Crippen LogP) is 5.29. The highest BCUT2D eigenvalue weighted by Gasteiger charge is 2.38. The van der Waals surface area contributed by atoms with Crippen molar-refractivity contribution >= 4 is 0 Å². The van der Waals surface area contributed by atoms with E-state index in [0.717, 1.165) is 24.8 Å². The lowest BCUT2D eigenvalue weighted by atomic mass is 9.72. The van der Waals surface area contributed by atoms with Gasteiger partial charge in [-0.15, -0.1) is 6.58 Å². The van der Waals surface area contributed by atoms with E-state index >= 15 is 0 Å². The Balaban J connectivity index is 2.90. The molecule has 0 fully saturated rings. The number of hydrogen-bond donors (Lipinski definition) is 1. The lowest BCUT2D eigenvalue weighted by Crippen LogP contribution is -2.38. The van der Waals surface area contributed by atoms with E-state index in [1.807, 2.05) is 36.4 Å². The molecule has 1 rings (SSSR count). The van der Waals surface area contributed by atoms with Gasteiger partial charge in [0.25, 0.3) is 0 Å². The molecule has 0 aliphatic carbocycles. The molecule has 3 atom stereocenters. The molecule has 2 heteroatoms. The third kappa shape index (κ3) is 4.69. The van der Waals surface area contributed by atoms with Gasteiger partial charge in [0.1, 0.15) is 6.10 Å². The van der Waals surface area contributed by atoms with Gasteiger partial charge in [-0.2, -0.15) is 0 Å². The van der Waals surface area contributed by atoms with Gasteiger partial charge in [0.15, 0.2) is 0 Å². The van der Waals surface area contributed by atoms with Crippen molar-refractivity contribution in [3.63, 3.8) is 0 Å². The molecule has 0 aliphatic heterocycles. The molecule has 1 N–H and O–H groups in total. The fourth-order valence-corrected chi connectivity index (χ4v) is 3.17. The molecule has 0 saturated heterocycles. The van der Waals surface area contributed by atoms with Gasteiger partial charge in [-0.05, 0) is 18.4 Å². The predicted molar refractivity (Wildman–Crippen MR) is 93.9 cm³/mol. The van der Waals surface area contributed by atoms with Crippen LogP contribution in [0.25, 0.3) is 0 Å². The van der Waals surface area contributed by atoms with Crippen molar-refractivity contribution in [2.45, 2.75) is 64.6 Å². The summed E-state index contributed by atoms with van der Waals surface area (Å²) in [4.78, 5) is 0. The summed E-state index contributed by atoms with van der Waals surface area (Å²) in [5.41, 5.74) is 0.732. The minimum Gasteiger partial charge on any atom is -0.389 e. The number of ether oxygens (including phenoxy) is 1. The summed E-state index contributed by atoms with van der Waals surface area (Å²) in [6, 6.07) is 9.97. The summed E-state index contributed by atoms with van der Waals surface area (Å²) in [7, 11) is 1.67. The molecule has 0 heterocycles. The molecule has 2 nitrogen and oxygen atoms in total. The zero-order valence-electron chi connectivity index (χ0n) is 14.4. The van der Waals surface area contributed by atoms with Crippen LogP contribution in [-0.2, 0) is 4.74 Å². The maximum atomic E-state index is 11.0. The highest BCUT2D eigenvalue weighted by molar-refractivity contribution is 5.20. The molecule has 0 amide bonds. The lowest BCUT2D eigenvalue weighted by molar-refractivity contribution is -0.0727. The number of aliphatic hydroxyl groups excluding tert-OH is 1. The molecular formula is C20H32O2. The van der Waals surface area contributed by atoms with Crippen LogP contribution in [0.3, 0.4) is 0 Å². The summed E-state index contributed by atoms with van der Waals surface area (Å²) in [5, 5.41) is 11.0. The van der Waals surface area contributed by atoms with E-state index in [9.17, 15) is 5.11 Å². The zero-order valence-corrected chi connectivity index (χ0v) is 14.4. The van der Waals surface area contributed by atoms with Crippen LogP contribution in [0.1, 0.15) is 64.0 Å². The van der Waals surface area contributed by atoms with Crippen LogP contribution in [-0.4, -0.2) is 18.3 Å². The highest BCUT2D eigenvalue weighted by atomic mass is 16.5. The van der Waals surface area contributed by atoms with Crippen molar-refractivity contribution in [3.05, 3.63) is 48.6 Å². The Morgan fingerprint density at radius 1 is 1.18 bits per heavy atom. The van der Waals surface area contributed by atoms with Gasteiger partial charge in [0.05, 0.1) is 6.10 Å². The summed E-state index contributed by atoms with van der Waals surface area (Å²) < 4.78 is 5.64. The molecule has 0 spiro atoms. The van der Waals surface area contributed by atoms with Crippen molar-refractivity contribution in [2.75, 3.05) is 7.11 Å². The van der Waals surface area contributed by atoms with Crippen molar-refractivity contribution in [1.82, 2.24) is 0 Å². The molecule has 22 heavy (non-hydrogen) atoms. The van der Waals surface area contributed by atoms with E-state index in [2.05, 4.69) is 20.4 Å². The highest BCUT2D eigenvalue weighted by Crippen LogP contribution is 2.41. The molecule has 0 bridgehead atoms. The average molecular weight is 304 g/mol. The van der Waals surface area contributed by atoms with Crippen molar-refractivity contribution < 1.29 is 9.84 Å². The van der Waals surface area contributed by atoms with Crippen LogP contribution >= 0.6 is 0 Å². The SMILES string of the molecule is C=C[C@@](CC)(CCCCCC)C(O)[C@@H](OC)c1ccccc1. The number of unbranched alkanes of at least 4 members (excludes halogenated alkanes) is 3. The summed E-state index contributed by atoms with van der Waals surface area (Å²) in [6.45, 7) is 8.36. The second-order valence-corrected chi connectivity index (χ2v) is 6.11. The molecule has 1 unspecified atom stereocenters. The third-order valence-electron chi connectivity index (χ3n) is 4.82. The molecule has 124 valence electrons. The largest absolute Gasteiger partial charge is 0.389 e. The zero-order chi connectivity index (χ0) is 16.4. The number of benzene rings is 1. The minimum absolute atomic E-state index is 0.287. The molecule has 0 aromatic heterocycles. The molecule has 0 aliphatic rings. The first-order chi connectivity index (χ1) is 10.6. The Bertz CT molecular complexity index is 415. The van der Waals surface area contributed by atoms with Crippen LogP contribution < -0.4 is 0 Å². The van der Waals surface area contributed by atoms with Gasteiger partial charge in [-0.25, -0.2) is 0 Å². The monoisotopic (exact) mass is 304 g/mol. The third-order valence-corrected chi connectivity index (χ3v) is 4.82. The number of aliphatic hydroxyl groups is 1. The number of methoxy groups -OCH3 is 1. The standard InChI is InChI=1S/C20H32O2/c1-5-8-9-13-16-20(6-2,7-3)19(21)18(22-4)17-14-11-10-12-15-17/h6,10-12,14-15,18-19,21H,2,5,7-9,13,16H2,1,3-4H3/t18-,19?,20+/m0/s1. The summed E-state index contributed by atoms with van der Waals surface area (Å²) >= 11 is 0. The van der Waals surface area contributed by atoms with Gasteiger partial charge < -0.3 is 9.84 Å². The first kappa shape index (κ1) is 18.9. The Kier molecular flexibility index (Phi) is 8.44. The van der Waals surface area contributed by atoms with E-state index in [1.54, 1.807) is 7.11 Å².